The van der Waals surface area contributed by atoms with Gasteiger partial charge in [0, 0.05) is 0 Å². The van der Waals surface area contributed by atoms with E-state index in [0.717, 1.165) is 12.8 Å². The Kier molecular flexibility index (Phi) is 4.94. The van der Waals surface area contributed by atoms with Gasteiger partial charge in [-0.3, -0.25) is 0 Å². The zero-order valence-electron chi connectivity index (χ0n) is 7.63. The molecule has 0 saturated heterocycles. The number of rotatable bonds is 2. The molecule has 1 aliphatic heterocycles. The summed E-state index contributed by atoms with van der Waals surface area (Å²) in [4.78, 5) is 0. The molecule has 1 unspecified atom stereocenters. The second kappa shape index (κ2) is 5.49. The summed E-state index contributed by atoms with van der Waals surface area (Å²) >= 11 is -3.05. The molecule has 0 amide bonds. The van der Waals surface area contributed by atoms with E-state index >= 15 is 0 Å². The van der Waals surface area contributed by atoms with Gasteiger partial charge in [0.1, 0.15) is 0 Å². The minimum atomic E-state index is -3.05. The van der Waals surface area contributed by atoms with Gasteiger partial charge >= 0.3 is 90.3 Å². The number of ether oxygens (including phenoxy) is 1. The van der Waals surface area contributed by atoms with Gasteiger partial charge in [-0.1, -0.05) is 0 Å². The Labute approximate surface area is 90.3 Å². The van der Waals surface area contributed by atoms with E-state index in [1.165, 1.54) is 0 Å². The van der Waals surface area contributed by atoms with Gasteiger partial charge in [0.25, 0.3) is 0 Å². The zero-order chi connectivity index (χ0) is 9.73. The first-order chi connectivity index (χ1) is 6.17. The molecule has 1 atom stereocenters. The first kappa shape index (κ1) is 11.7. The van der Waals surface area contributed by atoms with Crippen molar-refractivity contribution in [2.45, 2.75) is 24.5 Å². The Morgan fingerprint density at radius 3 is 2.92 bits per heavy atom. The Bertz CT molecular complexity index is 185. The minimum absolute atomic E-state index is 0.189. The number of halogens is 2. The Balaban J connectivity index is 2.64. The van der Waals surface area contributed by atoms with Crippen LogP contribution in [0.2, 0.25) is 4.75 Å². The van der Waals surface area contributed by atoms with E-state index in [1.54, 1.807) is 6.26 Å². The molecule has 0 aliphatic carbocycles. The maximum atomic E-state index is 6.22. The van der Waals surface area contributed by atoms with Crippen molar-refractivity contribution < 1.29 is 8.50 Å². The summed E-state index contributed by atoms with van der Waals surface area (Å²) in [6.07, 6.45) is 5.69. The molecule has 1 aliphatic rings. The second-order valence-electron chi connectivity index (χ2n) is 3.00. The summed E-state index contributed by atoms with van der Waals surface area (Å²) in [6.45, 7) is 3.17. The predicted molar refractivity (Wildman–Crippen MR) is 57.2 cm³/mol. The van der Waals surface area contributed by atoms with Gasteiger partial charge in [0.15, 0.2) is 0 Å². The average Bonchev–Trinajstić information content (AvgIpc) is 2.06. The van der Waals surface area contributed by atoms with Gasteiger partial charge in [0.05, 0.1) is 0 Å². The van der Waals surface area contributed by atoms with E-state index in [1.807, 2.05) is 6.08 Å². The molecule has 0 N–H and O–H groups in total. The fourth-order valence-electron chi connectivity index (χ4n) is 1.24. The second-order valence-corrected chi connectivity index (χ2v) is 14.4. The van der Waals surface area contributed by atoms with Crippen molar-refractivity contribution >= 4 is 31.8 Å². The van der Waals surface area contributed by atoms with Gasteiger partial charge in [-0.25, -0.2) is 0 Å². The predicted octanol–water partition coefficient (Wildman–Crippen LogP) is 3.13. The van der Waals surface area contributed by atoms with Crippen molar-refractivity contribution in [3.8, 4) is 0 Å². The molecule has 5 heteroatoms. The van der Waals surface area contributed by atoms with Crippen LogP contribution in [0.1, 0.15) is 19.8 Å². The van der Waals surface area contributed by atoms with Crippen LogP contribution in [0.4, 0.5) is 0 Å². The van der Waals surface area contributed by atoms with Gasteiger partial charge in [-0.15, -0.1) is 0 Å². The van der Waals surface area contributed by atoms with Crippen LogP contribution >= 0.6 is 20.0 Å². The molecule has 1 rings (SSSR count). The molecule has 0 aromatic rings. The third kappa shape index (κ3) is 3.70. The third-order valence-corrected chi connectivity index (χ3v) is 10.0. The molecule has 0 radical (unpaired) electrons. The van der Waals surface area contributed by atoms with Crippen molar-refractivity contribution in [2.24, 2.45) is 0 Å². The van der Waals surface area contributed by atoms with Crippen molar-refractivity contribution in [1.82, 2.24) is 0 Å². The molecule has 0 bridgehead atoms. The van der Waals surface area contributed by atoms with Crippen LogP contribution in [-0.4, -0.2) is 25.0 Å². The van der Waals surface area contributed by atoms with Crippen molar-refractivity contribution in [3.05, 3.63) is 12.3 Å². The standard InChI is InChI=1S/C8H14Cl2GeO2/c1-2-3-8-4-5-12-6-7-13-11(8,9)10/h4-5,8H,2-3,6-7H2,1H3/b5-4-. The monoisotopic (exact) mass is 286 g/mol. The molecule has 0 saturated carbocycles. The van der Waals surface area contributed by atoms with E-state index in [-0.39, 0.29) is 4.75 Å². The van der Waals surface area contributed by atoms with Crippen LogP contribution in [0.3, 0.4) is 0 Å². The first-order valence-electron chi connectivity index (χ1n) is 4.47. The summed E-state index contributed by atoms with van der Waals surface area (Å²) in [6, 6.07) is 0. The number of hydrogen-bond donors (Lipinski definition) is 0. The summed E-state index contributed by atoms with van der Waals surface area (Å²) < 4.78 is 10.8. The van der Waals surface area contributed by atoms with Gasteiger partial charge in [-0.2, -0.15) is 0 Å². The van der Waals surface area contributed by atoms with Gasteiger partial charge in [-0.05, 0) is 0 Å². The van der Waals surface area contributed by atoms with Crippen molar-refractivity contribution in [2.75, 3.05) is 13.2 Å². The summed E-state index contributed by atoms with van der Waals surface area (Å²) in [5.74, 6) is 0. The molecule has 0 aromatic heterocycles. The van der Waals surface area contributed by atoms with Crippen LogP contribution in [0, 0.1) is 0 Å². The molecular weight excluding hydrogens is 272 g/mol. The number of hydrogen-bond acceptors (Lipinski definition) is 2. The summed E-state index contributed by atoms with van der Waals surface area (Å²) in [7, 11) is 12.4. The Hall–Kier alpha value is 0.623. The van der Waals surface area contributed by atoms with Crippen LogP contribution in [0.25, 0.3) is 0 Å². The van der Waals surface area contributed by atoms with E-state index in [9.17, 15) is 0 Å². The van der Waals surface area contributed by atoms with Crippen molar-refractivity contribution in [3.63, 3.8) is 0 Å². The normalized spacial score (nSPS) is 29.9. The van der Waals surface area contributed by atoms with E-state index < -0.39 is 11.7 Å². The van der Waals surface area contributed by atoms with Crippen LogP contribution in [-0.2, 0) is 8.50 Å². The zero-order valence-corrected chi connectivity index (χ0v) is 11.2. The summed E-state index contributed by atoms with van der Waals surface area (Å²) in [5.41, 5.74) is 0. The van der Waals surface area contributed by atoms with Crippen LogP contribution < -0.4 is 0 Å². The van der Waals surface area contributed by atoms with E-state index in [2.05, 4.69) is 6.92 Å². The third-order valence-electron chi connectivity index (χ3n) is 1.93. The Morgan fingerprint density at radius 1 is 1.46 bits per heavy atom. The topological polar surface area (TPSA) is 18.5 Å². The van der Waals surface area contributed by atoms with Crippen molar-refractivity contribution in [1.29, 1.82) is 0 Å². The van der Waals surface area contributed by atoms with Crippen LogP contribution in [0.5, 0.6) is 0 Å². The average molecular weight is 286 g/mol. The molecule has 2 nitrogen and oxygen atoms in total. The molecule has 76 valence electrons. The first-order valence-corrected chi connectivity index (χ1v) is 12.0. The molecular formula is C8H14Cl2GeO2. The van der Waals surface area contributed by atoms with E-state index in [4.69, 9.17) is 28.5 Å². The van der Waals surface area contributed by atoms with Gasteiger partial charge < -0.3 is 0 Å². The molecule has 1 heterocycles. The maximum absolute atomic E-state index is 6.22. The van der Waals surface area contributed by atoms with E-state index in [0.29, 0.717) is 13.2 Å². The fourth-order valence-corrected chi connectivity index (χ4v) is 7.07. The SMILES string of the molecule is CCC[CH]1/C=C\OCC[O][Ge]1([Cl])[Cl]. The fraction of sp³-hybridized carbons (Fsp3) is 0.750. The van der Waals surface area contributed by atoms with Gasteiger partial charge in [0.2, 0.25) is 0 Å². The molecule has 0 fully saturated rings. The molecule has 0 spiro atoms. The Morgan fingerprint density at radius 2 is 2.23 bits per heavy atom. The molecule has 0 aromatic carbocycles. The quantitative estimate of drug-likeness (QED) is 0.726. The van der Waals surface area contributed by atoms with Crippen LogP contribution in [0.15, 0.2) is 12.3 Å². The molecule has 13 heavy (non-hydrogen) atoms. The number of allylic oxidation sites excluding steroid dienone is 1. The summed E-state index contributed by atoms with van der Waals surface area (Å²) in [5, 5.41) is 0.